The van der Waals surface area contributed by atoms with Crippen molar-refractivity contribution in [3.8, 4) is 0 Å². The monoisotopic (exact) mass is 425 g/mol. The number of alkyl halides is 3. The van der Waals surface area contributed by atoms with Gasteiger partial charge in [-0.15, -0.1) is 0 Å². The molecule has 2 heterocycles. The molecular weight excluding hydrogens is 399 g/mol. The van der Waals surface area contributed by atoms with E-state index >= 15 is 0 Å². The molecule has 4 rings (SSSR count). The third-order valence-corrected chi connectivity index (χ3v) is 6.13. The van der Waals surface area contributed by atoms with Crippen LogP contribution in [0.3, 0.4) is 0 Å². The van der Waals surface area contributed by atoms with Crippen molar-refractivity contribution in [2.45, 2.75) is 63.0 Å². The Hall–Kier alpha value is -2.65. The molecule has 2 aliphatic heterocycles. The number of nitrogens with zero attached hydrogens (tertiary/aromatic N) is 1. The molecule has 0 spiro atoms. The van der Waals surface area contributed by atoms with Crippen LogP contribution in [0.25, 0.3) is 0 Å². The maximum atomic E-state index is 13.2. The Morgan fingerprint density at radius 2 is 1.90 bits per heavy atom. The predicted octanol–water partition coefficient (Wildman–Crippen LogP) is 2.71. The number of amides is 4. The highest BCUT2D eigenvalue weighted by Gasteiger charge is 2.40. The molecule has 0 bridgehead atoms. The maximum Gasteiger partial charge on any atom is 0.416 e. The first-order valence-corrected chi connectivity index (χ1v) is 10.4. The minimum atomic E-state index is -4.41. The van der Waals surface area contributed by atoms with E-state index in [-0.39, 0.29) is 30.7 Å². The fourth-order valence-electron chi connectivity index (χ4n) is 4.62. The molecule has 7 nitrogen and oxygen atoms in total. The van der Waals surface area contributed by atoms with Gasteiger partial charge in [-0.25, -0.2) is 9.59 Å². The topological polar surface area (TPSA) is 85.5 Å². The van der Waals surface area contributed by atoms with Crippen molar-refractivity contribution in [3.05, 3.63) is 29.3 Å². The van der Waals surface area contributed by atoms with Crippen molar-refractivity contribution in [1.82, 2.24) is 21.3 Å². The molecule has 30 heavy (non-hydrogen) atoms. The Bertz CT molecular complexity index is 810. The SMILES string of the molecule is O=C(NCc1ccc(C(F)(F)F)cc1N1CCCC1)NC1CCCC2NC(=O)NC12. The molecule has 1 aromatic rings. The third kappa shape index (κ3) is 4.41. The molecule has 164 valence electrons. The van der Waals surface area contributed by atoms with Crippen molar-refractivity contribution in [1.29, 1.82) is 0 Å². The standard InChI is InChI=1S/C20H26F3N5O2/c21-20(22,23)13-7-6-12(16(10-13)28-8-1-2-9-28)11-24-18(29)25-14-4-3-5-15-17(14)27-19(30)26-15/h6-7,10,14-15,17H,1-5,8-9,11H2,(H2,24,25,29)(H2,26,27,30). The zero-order valence-corrected chi connectivity index (χ0v) is 16.5. The normalized spacial score (nSPS) is 26.0. The zero-order valence-electron chi connectivity index (χ0n) is 16.5. The lowest BCUT2D eigenvalue weighted by molar-refractivity contribution is -0.137. The summed E-state index contributed by atoms with van der Waals surface area (Å²) in [5.41, 5.74) is 0.486. The number of nitrogens with one attached hydrogen (secondary N) is 4. The number of benzene rings is 1. The van der Waals surface area contributed by atoms with E-state index in [1.54, 1.807) is 0 Å². The van der Waals surface area contributed by atoms with Crippen LogP contribution in [0.5, 0.6) is 0 Å². The van der Waals surface area contributed by atoms with Crippen LogP contribution in [-0.4, -0.2) is 43.3 Å². The molecule has 1 saturated carbocycles. The number of hydrogen-bond acceptors (Lipinski definition) is 3. The van der Waals surface area contributed by atoms with Gasteiger partial charge >= 0.3 is 18.2 Å². The molecule has 2 saturated heterocycles. The van der Waals surface area contributed by atoms with Crippen LogP contribution in [0, 0.1) is 0 Å². The van der Waals surface area contributed by atoms with E-state index in [1.165, 1.54) is 12.1 Å². The summed E-state index contributed by atoms with van der Waals surface area (Å²) >= 11 is 0. The van der Waals surface area contributed by atoms with Gasteiger partial charge in [-0.1, -0.05) is 6.07 Å². The summed E-state index contributed by atoms with van der Waals surface area (Å²) in [6.07, 6.45) is -0.00778. The number of urea groups is 2. The van der Waals surface area contributed by atoms with Crippen molar-refractivity contribution >= 4 is 17.7 Å². The second kappa shape index (κ2) is 8.23. The van der Waals surface area contributed by atoms with E-state index in [0.29, 0.717) is 24.3 Å². The lowest BCUT2D eigenvalue weighted by atomic mass is 9.87. The molecule has 3 atom stereocenters. The summed E-state index contributed by atoms with van der Waals surface area (Å²) in [6, 6.07) is 2.72. The summed E-state index contributed by atoms with van der Waals surface area (Å²) < 4.78 is 39.5. The van der Waals surface area contributed by atoms with Crippen LogP contribution in [-0.2, 0) is 12.7 Å². The van der Waals surface area contributed by atoms with Gasteiger partial charge in [-0.05, 0) is 49.8 Å². The van der Waals surface area contributed by atoms with E-state index in [1.807, 2.05) is 4.90 Å². The largest absolute Gasteiger partial charge is 0.416 e. The Kier molecular flexibility index (Phi) is 5.66. The maximum absolute atomic E-state index is 13.2. The Balaban J connectivity index is 1.41. The van der Waals surface area contributed by atoms with Crippen LogP contribution < -0.4 is 26.2 Å². The highest BCUT2D eigenvalue weighted by molar-refractivity contribution is 5.78. The van der Waals surface area contributed by atoms with E-state index in [0.717, 1.165) is 38.2 Å². The first kappa shape index (κ1) is 20.6. The van der Waals surface area contributed by atoms with Gasteiger partial charge in [0.15, 0.2) is 0 Å². The number of anilines is 1. The third-order valence-electron chi connectivity index (χ3n) is 6.13. The fourth-order valence-corrected chi connectivity index (χ4v) is 4.62. The summed E-state index contributed by atoms with van der Waals surface area (Å²) in [5, 5.41) is 11.4. The first-order chi connectivity index (χ1) is 14.3. The molecular formula is C20H26F3N5O2. The number of hydrogen-bond donors (Lipinski definition) is 4. The summed E-state index contributed by atoms with van der Waals surface area (Å²) in [7, 11) is 0. The van der Waals surface area contributed by atoms with Gasteiger partial charge in [-0.2, -0.15) is 13.2 Å². The lowest BCUT2D eigenvalue weighted by Crippen LogP contribution is -2.56. The zero-order chi connectivity index (χ0) is 21.3. The Morgan fingerprint density at radius 1 is 1.13 bits per heavy atom. The molecule has 3 aliphatic rings. The molecule has 4 amide bonds. The minimum Gasteiger partial charge on any atom is -0.371 e. The predicted molar refractivity (Wildman–Crippen MR) is 105 cm³/mol. The smallest absolute Gasteiger partial charge is 0.371 e. The fraction of sp³-hybridized carbons (Fsp3) is 0.600. The molecule has 1 aliphatic carbocycles. The highest BCUT2D eigenvalue weighted by atomic mass is 19.4. The van der Waals surface area contributed by atoms with Crippen molar-refractivity contribution in [2.75, 3.05) is 18.0 Å². The molecule has 0 aromatic heterocycles. The lowest BCUT2D eigenvalue weighted by Gasteiger charge is -2.33. The molecule has 0 radical (unpaired) electrons. The van der Waals surface area contributed by atoms with E-state index in [4.69, 9.17) is 0 Å². The second-order valence-corrected chi connectivity index (χ2v) is 8.15. The van der Waals surface area contributed by atoms with Gasteiger partial charge in [0.25, 0.3) is 0 Å². The van der Waals surface area contributed by atoms with E-state index in [2.05, 4.69) is 21.3 Å². The highest BCUT2D eigenvalue weighted by Crippen LogP contribution is 2.34. The van der Waals surface area contributed by atoms with Gasteiger partial charge < -0.3 is 26.2 Å². The van der Waals surface area contributed by atoms with Crippen LogP contribution in [0.4, 0.5) is 28.4 Å². The molecule has 1 aromatic carbocycles. The van der Waals surface area contributed by atoms with Gasteiger partial charge in [0.1, 0.15) is 0 Å². The van der Waals surface area contributed by atoms with Crippen molar-refractivity contribution < 1.29 is 22.8 Å². The average Bonchev–Trinajstić information content (AvgIpc) is 3.35. The molecule has 4 N–H and O–H groups in total. The molecule has 3 unspecified atom stereocenters. The van der Waals surface area contributed by atoms with Crippen LogP contribution in [0.15, 0.2) is 18.2 Å². The van der Waals surface area contributed by atoms with Gasteiger partial charge in [0, 0.05) is 25.3 Å². The molecule has 3 fully saturated rings. The van der Waals surface area contributed by atoms with Crippen molar-refractivity contribution in [3.63, 3.8) is 0 Å². The first-order valence-electron chi connectivity index (χ1n) is 10.4. The van der Waals surface area contributed by atoms with E-state index in [9.17, 15) is 22.8 Å². The Morgan fingerprint density at radius 3 is 2.63 bits per heavy atom. The van der Waals surface area contributed by atoms with Crippen LogP contribution in [0.1, 0.15) is 43.2 Å². The molecule has 10 heteroatoms. The van der Waals surface area contributed by atoms with Crippen molar-refractivity contribution in [2.24, 2.45) is 0 Å². The number of fused-ring (bicyclic) bond motifs is 1. The summed E-state index contributed by atoms with van der Waals surface area (Å²) in [5.74, 6) is 0. The number of carbonyl (C=O) groups excluding carboxylic acids is 2. The van der Waals surface area contributed by atoms with E-state index < -0.39 is 17.8 Å². The average molecular weight is 425 g/mol. The summed E-state index contributed by atoms with van der Waals surface area (Å²) in [6.45, 7) is 1.54. The number of halogens is 3. The Labute approximate surface area is 172 Å². The van der Waals surface area contributed by atoms with Gasteiger partial charge in [0.2, 0.25) is 0 Å². The van der Waals surface area contributed by atoms with Crippen LogP contribution >= 0.6 is 0 Å². The second-order valence-electron chi connectivity index (χ2n) is 8.15. The van der Waals surface area contributed by atoms with Gasteiger partial charge in [-0.3, -0.25) is 0 Å². The van der Waals surface area contributed by atoms with Gasteiger partial charge in [0.05, 0.1) is 23.7 Å². The quantitative estimate of drug-likeness (QED) is 0.599. The number of rotatable bonds is 4. The number of carbonyl (C=O) groups is 2. The summed E-state index contributed by atoms with van der Waals surface area (Å²) in [4.78, 5) is 26.0. The minimum absolute atomic E-state index is 0.00762. The van der Waals surface area contributed by atoms with Crippen LogP contribution in [0.2, 0.25) is 0 Å².